The fraction of sp³-hybridized carbons (Fsp3) is 0.138. The third-order valence-electron chi connectivity index (χ3n) is 7.26. The van der Waals surface area contributed by atoms with Gasteiger partial charge in [0.25, 0.3) is 10.0 Å². The van der Waals surface area contributed by atoms with Crippen molar-refractivity contribution in [1.82, 2.24) is 0 Å². The number of rotatable bonds is 6. The second-order valence-corrected chi connectivity index (χ2v) is 13.2. The highest BCUT2D eigenvalue weighted by molar-refractivity contribution is 7.92. The van der Waals surface area contributed by atoms with Crippen LogP contribution in [0.15, 0.2) is 89.8 Å². The summed E-state index contributed by atoms with van der Waals surface area (Å²) in [4.78, 5) is 14.4. The van der Waals surface area contributed by atoms with Gasteiger partial charge in [0.15, 0.2) is 0 Å². The molecule has 1 amide bonds. The van der Waals surface area contributed by atoms with E-state index >= 15 is 0 Å². The first kappa shape index (κ1) is 26.6. The maximum absolute atomic E-state index is 13.6. The molecular formula is C29H20ClF3N2O3S2. The molecule has 3 aromatic carbocycles. The molecule has 1 aliphatic carbocycles. The summed E-state index contributed by atoms with van der Waals surface area (Å²) >= 11 is 7.64. The van der Waals surface area contributed by atoms with Crippen molar-refractivity contribution >= 4 is 56.3 Å². The van der Waals surface area contributed by atoms with E-state index in [9.17, 15) is 26.4 Å². The molecule has 5 nitrogen and oxygen atoms in total. The van der Waals surface area contributed by atoms with Gasteiger partial charge in [-0.3, -0.25) is 9.52 Å². The molecule has 4 aromatic rings. The fourth-order valence-electron chi connectivity index (χ4n) is 5.50. The van der Waals surface area contributed by atoms with E-state index in [-0.39, 0.29) is 16.5 Å². The first-order valence-electron chi connectivity index (χ1n) is 12.1. The minimum absolute atomic E-state index is 0.0158. The molecule has 2 N–H and O–H groups in total. The first-order valence-corrected chi connectivity index (χ1v) is 14.8. The monoisotopic (exact) mass is 600 g/mol. The average Bonchev–Trinajstić information content (AvgIpc) is 3.58. The lowest BCUT2D eigenvalue weighted by atomic mass is 9.67. The SMILES string of the molecule is O=C1Nc2ccc(S(=O)(=O)Nc3ccc(C(F)(F)F)cc3)cc2C1C1(Cc2ccc(Cl)s2)C=Cc2ccccc21. The molecule has 0 saturated carbocycles. The summed E-state index contributed by atoms with van der Waals surface area (Å²) in [5.41, 5.74) is 1.24. The Kier molecular flexibility index (Phi) is 6.32. The van der Waals surface area contributed by atoms with Crippen LogP contribution in [-0.4, -0.2) is 14.3 Å². The van der Waals surface area contributed by atoms with E-state index in [0.29, 0.717) is 22.0 Å². The van der Waals surface area contributed by atoms with Gasteiger partial charge in [-0.05, 0) is 77.7 Å². The highest BCUT2D eigenvalue weighted by Crippen LogP contribution is 2.53. The molecule has 0 radical (unpaired) electrons. The maximum Gasteiger partial charge on any atom is 0.416 e. The Labute approximate surface area is 237 Å². The smallest absolute Gasteiger partial charge is 0.325 e. The Morgan fingerprint density at radius 1 is 1.00 bits per heavy atom. The second kappa shape index (κ2) is 9.50. The molecule has 2 unspecified atom stereocenters. The van der Waals surface area contributed by atoms with E-state index in [0.717, 1.165) is 40.3 Å². The minimum Gasteiger partial charge on any atom is -0.325 e. The van der Waals surface area contributed by atoms with E-state index in [2.05, 4.69) is 10.0 Å². The number of fused-ring (bicyclic) bond motifs is 2. The molecule has 0 bridgehead atoms. The number of hydrogen-bond acceptors (Lipinski definition) is 4. The predicted molar refractivity (Wildman–Crippen MR) is 150 cm³/mol. The van der Waals surface area contributed by atoms with Crippen LogP contribution in [0, 0.1) is 0 Å². The Balaban J connectivity index is 1.40. The molecule has 0 fully saturated rings. The largest absolute Gasteiger partial charge is 0.416 e. The van der Waals surface area contributed by atoms with Gasteiger partial charge in [-0.25, -0.2) is 8.42 Å². The van der Waals surface area contributed by atoms with Gasteiger partial charge < -0.3 is 5.32 Å². The number of alkyl halides is 3. The van der Waals surface area contributed by atoms with E-state index in [1.807, 2.05) is 42.5 Å². The summed E-state index contributed by atoms with van der Waals surface area (Å²) in [5.74, 6) is -1.01. The van der Waals surface area contributed by atoms with Crippen molar-refractivity contribution in [3.05, 3.63) is 116 Å². The van der Waals surface area contributed by atoms with Crippen LogP contribution in [0.3, 0.4) is 0 Å². The standard InChI is InChI=1S/C29H20ClF3N2O3S2/c30-25-12-9-20(39-25)16-28(14-13-17-3-1-2-4-23(17)28)26-22-15-21(10-11-24(22)34-27(26)36)40(37,38)35-19-7-5-18(6-8-19)29(31,32)33/h1-15,26,35H,16H2,(H,34,36). The molecule has 1 aromatic heterocycles. The quantitative estimate of drug-likeness (QED) is 0.241. The van der Waals surface area contributed by atoms with Crippen molar-refractivity contribution in [2.75, 3.05) is 10.0 Å². The second-order valence-electron chi connectivity index (χ2n) is 9.70. The number of sulfonamides is 1. The van der Waals surface area contributed by atoms with Gasteiger partial charge in [0.05, 0.1) is 20.7 Å². The fourth-order valence-corrected chi connectivity index (χ4v) is 7.78. The summed E-state index contributed by atoms with van der Waals surface area (Å²) < 4.78 is 68.3. The number of halogens is 4. The number of amides is 1. The van der Waals surface area contributed by atoms with Gasteiger partial charge in [0, 0.05) is 21.7 Å². The van der Waals surface area contributed by atoms with E-state index in [4.69, 9.17) is 11.6 Å². The Morgan fingerprint density at radius 2 is 1.75 bits per heavy atom. The lowest BCUT2D eigenvalue weighted by molar-refractivity contribution is -0.137. The van der Waals surface area contributed by atoms with Crippen molar-refractivity contribution in [3.8, 4) is 0 Å². The third-order valence-corrected chi connectivity index (χ3v) is 9.87. The normalized spacial score (nSPS) is 19.8. The highest BCUT2D eigenvalue weighted by atomic mass is 35.5. The lowest BCUT2D eigenvalue weighted by Crippen LogP contribution is -2.37. The molecule has 6 rings (SSSR count). The zero-order valence-electron chi connectivity index (χ0n) is 20.5. The molecule has 1 aliphatic heterocycles. The maximum atomic E-state index is 13.6. The number of thiophene rings is 1. The number of anilines is 2. The van der Waals surface area contributed by atoms with Crippen LogP contribution in [-0.2, 0) is 32.8 Å². The van der Waals surface area contributed by atoms with Crippen LogP contribution in [0.25, 0.3) is 6.08 Å². The van der Waals surface area contributed by atoms with Gasteiger partial charge in [-0.2, -0.15) is 13.2 Å². The van der Waals surface area contributed by atoms with Gasteiger partial charge in [-0.15, -0.1) is 11.3 Å². The van der Waals surface area contributed by atoms with Crippen molar-refractivity contribution in [1.29, 1.82) is 0 Å². The minimum atomic E-state index is -4.54. The molecule has 11 heteroatoms. The Morgan fingerprint density at radius 3 is 2.45 bits per heavy atom. The average molecular weight is 601 g/mol. The van der Waals surface area contributed by atoms with Crippen molar-refractivity contribution in [3.63, 3.8) is 0 Å². The summed E-state index contributed by atoms with van der Waals surface area (Å²) in [6.45, 7) is 0. The Hall–Kier alpha value is -3.60. The molecular weight excluding hydrogens is 581 g/mol. The molecule has 2 heterocycles. The van der Waals surface area contributed by atoms with E-state index in [1.165, 1.54) is 29.5 Å². The molecule has 0 saturated heterocycles. The predicted octanol–water partition coefficient (Wildman–Crippen LogP) is 7.46. The van der Waals surface area contributed by atoms with Crippen molar-refractivity contribution in [2.24, 2.45) is 0 Å². The van der Waals surface area contributed by atoms with Gasteiger partial charge in [-0.1, -0.05) is 48.0 Å². The van der Waals surface area contributed by atoms with Crippen LogP contribution in [0.2, 0.25) is 4.34 Å². The zero-order chi connectivity index (χ0) is 28.3. The van der Waals surface area contributed by atoms with Crippen LogP contribution < -0.4 is 10.0 Å². The third kappa shape index (κ3) is 4.59. The van der Waals surface area contributed by atoms with Crippen LogP contribution in [0.5, 0.6) is 0 Å². The van der Waals surface area contributed by atoms with Crippen molar-refractivity contribution in [2.45, 2.75) is 28.8 Å². The topological polar surface area (TPSA) is 75.3 Å². The van der Waals surface area contributed by atoms with Gasteiger partial charge in [0.1, 0.15) is 0 Å². The van der Waals surface area contributed by atoms with Crippen LogP contribution in [0.1, 0.15) is 33.0 Å². The summed E-state index contributed by atoms with van der Waals surface area (Å²) in [5, 5.41) is 2.90. The first-order chi connectivity index (χ1) is 19.0. The summed E-state index contributed by atoms with van der Waals surface area (Å²) in [6, 6.07) is 19.6. The number of hydrogen-bond donors (Lipinski definition) is 2. The molecule has 40 heavy (non-hydrogen) atoms. The van der Waals surface area contributed by atoms with Gasteiger partial charge in [0.2, 0.25) is 5.91 Å². The number of nitrogens with one attached hydrogen (secondary N) is 2. The molecule has 0 spiro atoms. The van der Waals surface area contributed by atoms with Crippen LogP contribution in [0.4, 0.5) is 24.5 Å². The summed E-state index contributed by atoms with van der Waals surface area (Å²) in [6.07, 6.45) is -0.0886. The van der Waals surface area contributed by atoms with Crippen molar-refractivity contribution < 1.29 is 26.4 Å². The van der Waals surface area contributed by atoms with Gasteiger partial charge >= 0.3 is 6.18 Å². The summed E-state index contributed by atoms with van der Waals surface area (Å²) in [7, 11) is -4.19. The van der Waals surface area contributed by atoms with E-state index < -0.39 is 33.1 Å². The lowest BCUT2D eigenvalue weighted by Gasteiger charge is -2.34. The molecule has 2 aliphatic rings. The number of allylic oxidation sites excluding steroid dienone is 1. The van der Waals surface area contributed by atoms with Crippen LogP contribution >= 0.6 is 22.9 Å². The highest BCUT2D eigenvalue weighted by Gasteiger charge is 2.50. The number of carbonyl (C=O) groups excluding carboxylic acids is 1. The number of carbonyl (C=O) groups is 1. The zero-order valence-corrected chi connectivity index (χ0v) is 22.9. The number of benzene rings is 3. The Bertz CT molecular complexity index is 1780. The molecule has 2 atom stereocenters. The molecule has 204 valence electrons. The van der Waals surface area contributed by atoms with E-state index in [1.54, 1.807) is 6.07 Å².